The van der Waals surface area contributed by atoms with Crippen molar-refractivity contribution in [1.82, 2.24) is 9.78 Å². The fourth-order valence-corrected chi connectivity index (χ4v) is 2.04. The molecule has 106 valence electrons. The molecule has 2 aromatic carbocycles. The summed E-state index contributed by atoms with van der Waals surface area (Å²) in [5, 5.41) is 7.59. The maximum atomic E-state index is 5.74. The molecule has 4 heteroatoms. The van der Waals surface area contributed by atoms with Gasteiger partial charge in [0.2, 0.25) is 0 Å². The van der Waals surface area contributed by atoms with Crippen LogP contribution in [0.2, 0.25) is 0 Å². The number of para-hydroxylation sites is 1. The number of rotatable bonds is 5. The first-order valence-corrected chi connectivity index (χ1v) is 6.86. The molecule has 0 aliphatic carbocycles. The molecule has 3 rings (SSSR count). The molecule has 0 aliphatic rings. The third kappa shape index (κ3) is 3.23. The molecule has 0 unspecified atom stereocenters. The standard InChI is InChI=1S/C17H17N3O/c1-18-14-7-9-17(10-8-14)21-13-15-11-12-20(19-15)16-5-3-2-4-6-16/h2-12,18H,13H2,1H3. The fourth-order valence-electron chi connectivity index (χ4n) is 2.04. The summed E-state index contributed by atoms with van der Waals surface area (Å²) in [4.78, 5) is 0. The molecule has 0 amide bonds. The molecular formula is C17H17N3O. The van der Waals surface area contributed by atoms with Crippen molar-refractivity contribution in [1.29, 1.82) is 0 Å². The van der Waals surface area contributed by atoms with E-state index in [-0.39, 0.29) is 0 Å². The molecule has 0 spiro atoms. The van der Waals surface area contributed by atoms with Gasteiger partial charge in [0, 0.05) is 18.9 Å². The molecule has 0 saturated carbocycles. The predicted octanol–water partition coefficient (Wildman–Crippen LogP) is 3.49. The first kappa shape index (κ1) is 13.2. The summed E-state index contributed by atoms with van der Waals surface area (Å²) in [6.45, 7) is 0.457. The van der Waals surface area contributed by atoms with Crippen molar-refractivity contribution in [2.75, 3.05) is 12.4 Å². The number of aromatic nitrogens is 2. The van der Waals surface area contributed by atoms with Crippen LogP contribution in [-0.2, 0) is 6.61 Å². The average molecular weight is 279 g/mol. The molecule has 1 heterocycles. The zero-order valence-electron chi connectivity index (χ0n) is 11.9. The molecule has 1 N–H and O–H groups in total. The summed E-state index contributed by atoms with van der Waals surface area (Å²) >= 11 is 0. The van der Waals surface area contributed by atoms with Gasteiger partial charge in [0.15, 0.2) is 0 Å². The van der Waals surface area contributed by atoms with Crippen LogP contribution in [0.15, 0.2) is 66.9 Å². The van der Waals surface area contributed by atoms with Crippen molar-refractivity contribution in [3.63, 3.8) is 0 Å². The van der Waals surface area contributed by atoms with Crippen LogP contribution in [0.3, 0.4) is 0 Å². The second kappa shape index (κ2) is 6.13. The van der Waals surface area contributed by atoms with Gasteiger partial charge >= 0.3 is 0 Å². The predicted molar refractivity (Wildman–Crippen MR) is 83.9 cm³/mol. The summed E-state index contributed by atoms with van der Waals surface area (Å²) < 4.78 is 7.59. The minimum Gasteiger partial charge on any atom is -0.487 e. The number of benzene rings is 2. The van der Waals surface area contributed by atoms with Crippen LogP contribution in [-0.4, -0.2) is 16.8 Å². The molecule has 0 saturated heterocycles. The summed E-state index contributed by atoms with van der Waals surface area (Å²) in [7, 11) is 1.89. The van der Waals surface area contributed by atoms with E-state index >= 15 is 0 Å². The Morgan fingerprint density at radius 3 is 2.48 bits per heavy atom. The summed E-state index contributed by atoms with van der Waals surface area (Å²) in [5.41, 5.74) is 3.01. The van der Waals surface area contributed by atoms with Crippen LogP contribution in [0.4, 0.5) is 5.69 Å². The Kier molecular flexibility index (Phi) is 3.87. The molecule has 3 aromatic rings. The van der Waals surface area contributed by atoms with Gasteiger partial charge in [-0.15, -0.1) is 0 Å². The van der Waals surface area contributed by atoms with Crippen molar-refractivity contribution in [2.24, 2.45) is 0 Å². The SMILES string of the molecule is CNc1ccc(OCc2ccn(-c3ccccc3)n2)cc1. The second-order valence-corrected chi connectivity index (χ2v) is 4.65. The van der Waals surface area contributed by atoms with E-state index in [2.05, 4.69) is 10.4 Å². The minimum absolute atomic E-state index is 0.457. The summed E-state index contributed by atoms with van der Waals surface area (Å²) in [6, 6.07) is 19.9. The van der Waals surface area contributed by atoms with Crippen molar-refractivity contribution in [2.45, 2.75) is 6.61 Å². The van der Waals surface area contributed by atoms with Crippen molar-refractivity contribution in [3.8, 4) is 11.4 Å². The van der Waals surface area contributed by atoms with Gasteiger partial charge in [0.05, 0.1) is 5.69 Å². The third-order valence-corrected chi connectivity index (χ3v) is 3.19. The number of hydrogen-bond donors (Lipinski definition) is 1. The molecule has 4 nitrogen and oxygen atoms in total. The molecule has 0 atom stereocenters. The smallest absolute Gasteiger partial charge is 0.132 e. The monoisotopic (exact) mass is 279 g/mol. The van der Waals surface area contributed by atoms with Gasteiger partial charge in [0.25, 0.3) is 0 Å². The molecule has 0 radical (unpaired) electrons. The van der Waals surface area contributed by atoms with E-state index in [0.29, 0.717) is 6.61 Å². The van der Waals surface area contributed by atoms with Gasteiger partial charge in [-0.05, 0) is 42.5 Å². The highest BCUT2D eigenvalue weighted by molar-refractivity contribution is 5.45. The number of anilines is 1. The molecule has 1 aromatic heterocycles. The maximum absolute atomic E-state index is 5.74. The van der Waals surface area contributed by atoms with E-state index in [1.165, 1.54) is 0 Å². The minimum atomic E-state index is 0.457. The Bertz CT molecular complexity index is 690. The lowest BCUT2D eigenvalue weighted by Crippen LogP contribution is -1.99. The van der Waals surface area contributed by atoms with E-state index in [4.69, 9.17) is 4.74 Å². The van der Waals surface area contributed by atoms with E-state index < -0.39 is 0 Å². The van der Waals surface area contributed by atoms with E-state index in [0.717, 1.165) is 22.8 Å². The van der Waals surface area contributed by atoms with Crippen LogP contribution in [0, 0.1) is 0 Å². The topological polar surface area (TPSA) is 39.1 Å². The van der Waals surface area contributed by atoms with Crippen LogP contribution in [0.5, 0.6) is 5.75 Å². The zero-order valence-corrected chi connectivity index (χ0v) is 11.9. The highest BCUT2D eigenvalue weighted by atomic mass is 16.5. The van der Waals surface area contributed by atoms with Gasteiger partial charge in [0.1, 0.15) is 18.1 Å². The number of hydrogen-bond acceptors (Lipinski definition) is 3. The number of ether oxygens (including phenoxy) is 1. The molecule has 21 heavy (non-hydrogen) atoms. The Morgan fingerprint density at radius 1 is 1.00 bits per heavy atom. The van der Waals surface area contributed by atoms with Crippen LogP contribution < -0.4 is 10.1 Å². The van der Waals surface area contributed by atoms with Crippen molar-refractivity contribution >= 4 is 5.69 Å². The van der Waals surface area contributed by atoms with Gasteiger partial charge in [-0.2, -0.15) is 5.10 Å². The second-order valence-electron chi connectivity index (χ2n) is 4.65. The highest BCUT2D eigenvalue weighted by Gasteiger charge is 2.02. The summed E-state index contributed by atoms with van der Waals surface area (Å²) in [5.74, 6) is 0.836. The molecule has 0 aliphatic heterocycles. The summed E-state index contributed by atoms with van der Waals surface area (Å²) in [6.07, 6.45) is 1.94. The van der Waals surface area contributed by atoms with E-state index in [1.807, 2.05) is 78.6 Å². The van der Waals surface area contributed by atoms with Crippen molar-refractivity contribution < 1.29 is 4.74 Å². The average Bonchev–Trinajstić information content (AvgIpc) is 3.03. The first-order valence-electron chi connectivity index (χ1n) is 6.86. The first-order chi connectivity index (χ1) is 10.3. The molecule has 0 bridgehead atoms. The normalized spacial score (nSPS) is 10.3. The lowest BCUT2D eigenvalue weighted by Gasteiger charge is -2.05. The zero-order chi connectivity index (χ0) is 14.5. The van der Waals surface area contributed by atoms with Gasteiger partial charge in [-0.1, -0.05) is 18.2 Å². The van der Waals surface area contributed by atoms with E-state index in [9.17, 15) is 0 Å². The quantitative estimate of drug-likeness (QED) is 0.777. The van der Waals surface area contributed by atoms with Gasteiger partial charge in [-0.25, -0.2) is 4.68 Å². The Balaban J connectivity index is 1.64. The molecule has 0 fully saturated rings. The van der Waals surface area contributed by atoms with E-state index in [1.54, 1.807) is 0 Å². The lowest BCUT2D eigenvalue weighted by atomic mass is 10.3. The van der Waals surface area contributed by atoms with Crippen molar-refractivity contribution in [3.05, 3.63) is 72.6 Å². The number of nitrogens with one attached hydrogen (secondary N) is 1. The van der Waals surface area contributed by atoms with Crippen LogP contribution in [0.1, 0.15) is 5.69 Å². The van der Waals surface area contributed by atoms with Crippen LogP contribution >= 0.6 is 0 Å². The van der Waals surface area contributed by atoms with Crippen LogP contribution in [0.25, 0.3) is 5.69 Å². The fraction of sp³-hybridized carbons (Fsp3) is 0.118. The molecular weight excluding hydrogens is 262 g/mol. The number of nitrogens with zero attached hydrogens (tertiary/aromatic N) is 2. The highest BCUT2D eigenvalue weighted by Crippen LogP contribution is 2.16. The Morgan fingerprint density at radius 2 is 1.76 bits per heavy atom. The van der Waals surface area contributed by atoms with Gasteiger partial charge < -0.3 is 10.1 Å². The lowest BCUT2D eigenvalue weighted by molar-refractivity contribution is 0.300. The third-order valence-electron chi connectivity index (χ3n) is 3.19. The Labute approximate surface area is 124 Å². The largest absolute Gasteiger partial charge is 0.487 e. The maximum Gasteiger partial charge on any atom is 0.132 e. The van der Waals surface area contributed by atoms with Gasteiger partial charge in [-0.3, -0.25) is 0 Å². The Hall–Kier alpha value is -2.75.